The summed E-state index contributed by atoms with van der Waals surface area (Å²) < 4.78 is 13.6. The number of pyridine rings is 1. The van der Waals surface area contributed by atoms with Gasteiger partial charge in [-0.05, 0) is 29.0 Å². The number of hydrogen-bond donors (Lipinski definition) is 0. The highest BCUT2D eigenvalue weighted by Crippen LogP contribution is 2.24. The average Bonchev–Trinajstić information content (AvgIpc) is 2.39. The van der Waals surface area contributed by atoms with Crippen LogP contribution in [-0.2, 0) is 0 Å². The summed E-state index contributed by atoms with van der Waals surface area (Å²) in [6.07, 6.45) is 1.60. The molecule has 0 aliphatic carbocycles. The zero-order valence-electron chi connectivity index (χ0n) is 9.10. The first kappa shape index (κ1) is 9.97. The Bertz CT molecular complexity index is 676. The highest BCUT2D eigenvalue weighted by atomic mass is 19.1. The minimum Gasteiger partial charge on any atom is -0.253 e. The minimum absolute atomic E-state index is 0.289. The van der Waals surface area contributed by atoms with Gasteiger partial charge in [-0.2, -0.15) is 0 Å². The van der Waals surface area contributed by atoms with E-state index >= 15 is 0 Å². The van der Waals surface area contributed by atoms with Crippen LogP contribution in [0.15, 0.2) is 60.8 Å². The van der Waals surface area contributed by atoms with Crippen molar-refractivity contribution in [2.24, 2.45) is 0 Å². The molecule has 2 heteroatoms. The summed E-state index contributed by atoms with van der Waals surface area (Å²) in [5.41, 5.74) is 1.21. The Hall–Kier alpha value is -2.22. The fourth-order valence-corrected chi connectivity index (χ4v) is 1.93. The molecule has 0 spiro atoms. The van der Waals surface area contributed by atoms with Gasteiger partial charge in [-0.25, -0.2) is 4.39 Å². The van der Waals surface area contributed by atoms with E-state index in [1.807, 2.05) is 42.5 Å². The first-order valence-electron chi connectivity index (χ1n) is 5.44. The van der Waals surface area contributed by atoms with Gasteiger partial charge in [0.1, 0.15) is 11.5 Å². The van der Waals surface area contributed by atoms with Crippen molar-refractivity contribution < 1.29 is 4.39 Å². The Morgan fingerprint density at radius 3 is 2.47 bits per heavy atom. The van der Waals surface area contributed by atoms with E-state index in [1.54, 1.807) is 12.3 Å². The smallest absolute Gasteiger partial charge is 0.149 e. The minimum atomic E-state index is -0.289. The maximum atomic E-state index is 13.6. The molecule has 0 radical (unpaired) electrons. The summed E-state index contributed by atoms with van der Waals surface area (Å²) in [4.78, 5) is 4.08. The van der Waals surface area contributed by atoms with Gasteiger partial charge in [-0.3, -0.25) is 4.98 Å². The fraction of sp³-hybridized carbons (Fsp3) is 0. The topological polar surface area (TPSA) is 12.9 Å². The van der Waals surface area contributed by atoms with Crippen molar-refractivity contribution in [3.05, 3.63) is 66.6 Å². The van der Waals surface area contributed by atoms with Crippen LogP contribution in [0.3, 0.4) is 0 Å². The quantitative estimate of drug-likeness (QED) is 0.606. The first-order chi connectivity index (χ1) is 8.34. The third kappa shape index (κ3) is 1.78. The first-order valence-corrected chi connectivity index (χ1v) is 5.44. The molecule has 0 fully saturated rings. The number of fused-ring (bicyclic) bond motifs is 1. The molecule has 1 heterocycles. The van der Waals surface area contributed by atoms with E-state index in [9.17, 15) is 4.39 Å². The van der Waals surface area contributed by atoms with Crippen LogP contribution < -0.4 is 0 Å². The third-order valence-corrected chi connectivity index (χ3v) is 2.78. The molecule has 3 aromatic rings. The number of hydrogen-bond acceptors (Lipinski definition) is 1. The van der Waals surface area contributed by atoms with Gasteiger partial charge in [0.25, 0.3) is 0 Å². The van der Waals surface area contributed by atoms with Gasteiger partial charge >= 0.3 is 0 Å². The van der Waals surface area contributed by atoms with Crippen molar-refractivity contribution >= 4 is 10.8 Å². The monoisotopic (exact) mass is 223 g/mol. The lowest BCUT2D eigenvalue weighted by molar-refractivity contribution is 0.626. The van der Waals surface area contributed by atoms with Crippen molar-refractivity contribution in [3.63, 3.8) is 0 Å². The largest absolute Gasteiger partial charge is 0.253 e. The van der Waals surface area contributed by atoms with E-state index in [0.29, 0.717) is 5.69 Å². The predicted octanol–water partition coefficient (Wildman–Crippen LogP) is 4.04. The Balaban J connectivity index is 2.22. The Morgan fingerprint density at radius 2 is 1.65 bits per heavy atom. The number of nitrogens with zero attached hydrogens (tertiary/aromatic N) is 1. The molecule has 0 saturated carbocycles. The van der Waals surface area contributed by atoms with Gasteiger partial charge in [0.15, 0.2) is 0 Å². The summed E-state index contributed by atoms with van der Waals surface area (Å²) in [7, 11) is 0. The molecule has 3 rings (SSSR count). The van der Waals surface area contributed by atoms with E-state index < -0.39 is 0 Å². The molecule has 0 aliphatic rings. The zero-order valence-corrected chi connectivity index (χ0v) is 9.10. The van der Waals surface area contributed by atoms with E-state index in [-0.39, 0.29) is 5.82 Å². The van der Waals surface area contributed by atoms with Crippen molar-refractivity contribution in [1.82, 2.24) is 4.98 Å². The number of benzene rings is 2. The van der Waals surface area contributed by atoms with Crippen molar-refractivity contribution in [2.45, 2.75) is 0 Å². The molecule has 82 valence electrons. The number of rotatable bonds is 1. The van der Waals surface area contributed by atoms with Crippen molar-refractivity contribution in [3.8, 4) is 11.3 Å². The van der Waals surface area contributed by atoms with Gasteiger partial charge in [0, 0.05) is 11.8 Å². The van der Waals surface area contributed by atoms with Crippen LogP contribution in [-0.4, -0.2) is 4.98 Å². The van der Waals surface area contributed by atoms with E-state index in [0.717, 1.165) is 16.3 Å². The molecule has 0 amide bonds. The van der Waals surface area contributed by atoms with Crippen LogP contribution in [0.1, 0.15) is 0 Å². The third-order valence-electron chi connectivity index (χ3n) is 2.78. The van der Waals surface area contributed by atoms with Gasteiger partial charge in [-0.15, -0.1) is 0 Å². The second-order valence-electron chi connectivity index (χ2n) is 3.90. The molecule has 1 aromatic heterocycles. The lowest BCUT2D eigenvalue weighted by Gasteiger charge is -2.04. The molecule has 17 heavy (non-hydrogen) atoms. The second kappa shape index (κ2) is 3.98. The van der Waals surface area contributed by atoms with Crippen molar-refractivity contribution in [2.75, 3.05) is 0 Å². The molecule has 0 saturated heterocycles. The molecular formula is C15H10FN. The van der Waals surface area contributed by atoms with Gasteiger partial charge in [-0.1, -0.05) is 36.4 Å². The maximum absolute atomic E-state index is 13.6. The normalized spacial score (nSPS) is 10.6. The summed E-state index contributed by atoms with van der Waals surface area (Å²) in [6.45, 7) is 0. The summed E-state index contributed by atoms with van der Waals surface area (Å²) in [5, 5.41) is 2.24. The van der Waals surface area contributed by atoms with Crippen molar-refractivity contribution in [1.29, 1.82) is 0 Å². The van der Waals surface area contributed by atoms with Gasteiger partial charge < -0.3 is 0 Å². The number of aromatic nitrogens is 1. The average molecular weight is 223 g/mol. The summed E-state index contributed by atoms with van der Waals surface area (Å²) >= 11 is 0. The Morgan fingerprint density at radius 1 is 0.824 bits per heavy atom. The van der Waals surface area contributed by atoms with Crippen LogP contribution in [0, 0.1) is 5.82 Å². The van der Waals surface area contributed by atoms with Gasteiger partial charge in [0.2, 0.25) is 0 Å². The summed E-state index contributed by atoms with van der Waals surface area (Å²) in [5.74, 6) is -0.289. The molecule has 0 bridgehead atoms. The summed E-state index contributed by atoms with van der Waals surface area (Å²) in [6, 6.07) is 16.9. The molecular weight excluding hydrogens is 213 g/mol. The van der Waals surface area contributed by atoms with E-state index in [4.69, 9.17) is 0 Å². The van der Waals surface area contributed by atoms with Crippen LogP contribution >= 0.6 is 0 Å². The van der Waals surface area contributed by atoms with Crippen LogP contribution in [0.25, 0.3) is 22.0 Å². The predicted molar refractivity (Wildman–Crippen MR) is 67.1 cm³/mol. The zero-order chi connectivity index (χ0) is 11.7. The number of halogens is 1. The fourth-order valence-electron chi connectivity index (χ4n) is 1.93. The van der Waals surface area contributed by atoms with E-state index in [2.05, 4.69) is 4.98 Å². The molecule has 0 atom stereocenters. The molecule has 0 N–H and O–H groups in total. The highest BCUT2D eigenvalue weighted by molar-refractivity contribution is 5.86. The molecule has 1 nitrogen and oxygen atoms in total. The van der Waals surface area contributed by atoms with E-state index in [1.165, 1.54) is 6.07 Å². The lowest BCUT2D eigenvalue weighted by atomic mass is 10.0. The van der Waals surface area contributed by atoms with Crippen LogP contribution in [0.2, 0.25) is 0 Å². The Labute approximate surface area is 98.6 Å². The lowest BCUT2D eigenvalue weighted by Crippen LogP contribution is -1.87. The standard InChI is InChI=1S/C15H10FN/c16-14-6-3-9-17-15(14)13-8-7-11-4-1-2-5-12(11)10-13/h1-10H. The SMILES string of the molecule is Fc1cccnc1-c1ccc2ccccc2c1. The highest BCUT2D eigenvalue weighted by Gasteiger charge is 2.05. The molecule has 0 unspecified atom stereocenters. The molecule has 0 aliphatic heterocycles. The molecule has 2 aromatic carbocycles. The maximum Gasteiger partial charge on any atom is 0.149 e. The second-order valence-corrected chi connectivity index (χ2v) is 3.90. The van der Waals surface area contributed by atoms with Gasteiger partial charge in [0.05, 0.1) is 0 Å². The van der Waals surface area contributed by atoms with Crippen LogP contribution in [0.4, 0.5) is 4.39 Å². The Kier molecular flexibility index (Phi) is 2.33. The van der Waals surface area contributed by atoms with Crippen LogP contribution in [0.5, 0.6) is 0 Å².